The lowest BCUT2D eigenvalue weighted by Gasteiger charge is -2.20. The molecule has 3 rings (SSSR count). The number of hydrogen-bond acceptors (Lipinski definition) is 6. The Morgan fingerprint density at radius 2 is 2.39 bits per heavy atom. The molecule has 2 N–H and O–H groups in total. The van der Waals surface area contributed by atoms with E-state index in [1.165, 1.54) is 6.07 Å². The van der Waals surface area contributed by atoms with E-state index >= 15 is 0 Å². The van der Waals surface area contributed by atoms with E-state index in [9.17, 15) is 4.79 Å². The van der Waals surface area contributed by atoms with Crippen molar-refractivity contribution in [3.05, 3.63) is 34.5 Å². The first-order valence-electron chi connectivity index (χ1n) is 5.67. The summed E-state index contributed by atoms with van der Waals surface area (Å²) in [7, 11) is 0. The minimum absolute atomic E-state index is 0.0842. The normalized spacial score (nSPS) is 19.9. The lowest BCUT2D eigenvalue weighted by atomic mass is 10.2. The molecular weight excluding hydrogens is 236 g/mol. The van der Waals surface area contributed by atoms with Crippen LogP contribution in [0.1, 0.15) is 11.9 Å². The number of ether oxygens (including phenoxy) is 1. The van der Waals surface area contributed by atoms with Gasteiger partial charge in [-0.1, -0.05) is 5.16 Å². The minimum atomic E-state index is -0.156. The lowest BCUT2D eigenvalue weighted by Crippen LogP contribution is -2.35. The molecule has 0 aromatic carbocycles. The molecule has 0 bridgehead atoms. The molecule has 0 saturated carbocycles. The second-order valence-electron chi connectivity index (χ2n) is 3.96. The Bertz CT molecular complexity index is 586. The fourth-order valence-electron chi connectivity index (χ4n) is 1.80. The predicted octanol–water partition coefficient (Wildman–Crippen LogP) is 0.0858. The molecule has 0 spiro atoms. The Morgan fingerprint density at radius 3 is 3.17 bits per heavy atom. The zero-order valence-corrected chi connectivity index (χ0v) is 9.55. The van der Waals surface area contributed by atoms with Crippen LogP contribution in [0.4, 0.5) is 0 Å². The SMILES string of the molecule is O=c1cc[nH]cc1-c1nc(C2COCCN2)no1. The van der Waals surface area contributed by atoms with Gasteiger partial charge in [-0.05, 0) is 0 Å². The highest BCUT2D eigenvalue weighted by molar-refractivity contribution is 5.50. The monoisotopic (exact) mass is 248 g/mol. The van der Waals surface area contributed by atoms with Gasteiger partial charge in [-0.2, -0.15) is 4.98 Å². The van der Waals surface area contributed by atoms with Gasteiger partial charge in [0.05, 0.1) is 19.3 Å². The van der Waals surface area contributed by atoms with E-state index in [0.29, 0.717) is 24.6 Å². The maximum absolute atomic E-state index is 11.6. The third-order valence-corrected chi connectivity index (χ3v) is 2.73. The largest absolute Gasteiger partial charge is 0.378 e. The second kappa shape index (κ2) is 4.71. The first kappa shape index (κ1) is 11.1. The molecule has 1 atom stereocenters. The van der Waals surface area contributed by atoms with Crippen LogP contribution in [0.2, 0.25) is 0 Å². The van der Waals surface area contributed by atoms with Crippen LogP contribution in [0.3, 0.4) is 0 Å². The fraction of sp³-hybridized carbons (Fsp3) is 0.364. The van der Waals surface area contributed by atoms with Crippen molar-refractivity contribution in [3.63, 3.8) is 0 Å². The van der Waals surface area contributed by atoms with Crippen LogP contribution < -0.4 is 10.7 Å². The molecule has 3 heterocycles. The maximum atomic E-state index is 11.6. The molecule has 0 aliphatic carbocycles. The standard InChI is InChI=1S/C11H12N4O3/c16-9-1-2-12-5-7(9)11-14-10(15-18-11)8-6-17-4-3-13-8/h1-2,5,8,13H,3-4,6H2,(H,12,16). The molecule has 1 aliphatic heterocycles. The van der Waals surface area contributed by atoms with Crippen molar-refractivity contribution < 1.29 is 9.26 Å². The number of pyridine rings is 1. The number of aromatic amines is 1. The van der Waals surface area contributed by atoms with E-state index < -0.39 is 0 Å². The zero-order valence-electron chi connectivity index (χ0n) is 9.55. The highest BCUT2D eigenvalue weighted by Crippen LogP contribution is 2.17. The Hall–Kier alpha value is -1.99. The average Bonchev–Trinajstić information content (AvgIpc) is 2.90. The van der Waals surface area contributed by atoms with Crippen molar-refractivity contribution >= 4 is 0 Å². The van der Waals surface area contributed by atoms with Crippen molar-refractivity contribution in [2.24, 2.45) is 0 Å². The smallest absolute Gasteiger partial charge is 0.263 e. The predicted molar refractivity (Wildman–Crippen MR) is 61.9 cm³/mol. The van der Waals surface area contributed by atoms with Gasteiger partial charge in [-0.25, -0.2) is 0 Å². The van der Waals surface area contributed by atoms with Gasteiger partial charge < -0.3 is 19.6 Å². The number of rotatable bonds is 2. The molecule has 7 nitrogen and oxygen atoms in total. The maximum Gasteiger partial charge on any atom is 0.263 e. The van der Waals surface area contributed by atoms with E-state index in [-0.39, 0.29) is 17.4 Å². The summed E-state index contributed by atoms with van der Waals surface area (Å²) in [6, 6.07) is 1.33. The summed E-state index contributed by atoms with van der Waals surface area (Å²) < 4.78 is 10.4. The first-order chi connectivity index (χ1) is 8.84. The van der Waals surface area contributed by atoms with Crippen molar-refractivity contribution in [3.8, 4) is 11.5 Å². The molecule has 0 radical (unpaired) electrons. The molecule has 0 amide bonds. The Morgan fingerprint density at radius 1 is 1.44 bits per heavy atom. The highest BCUT2D eigenvalue weighted by Gasteiger charge is 2.22. The van der Waals surface area contributed by atoms with Crippen LogP contribution in [0.25, 0.3) is 11.5 Å². The van der Waals surface area contributed by atoms with Crippen molar-refractivity contribution in [2.45, 2.75) is 6.04 Å². The Balaban J connectivity index is 1.89. The summed E-state index contributed by atoms with van der Waals surface area (Å²) in [6.07, 6.45) is 3.10. The fourth-order valence-corrected chi connectivity index (χ4v) is 1.80. The summed E-state index contributed by atoms with van der Waals surface area (Å²) in [6.45, 7) is 1.93. The van der Waals surface area contributed by atoms with Gasteiger partial charge in [0.2, 0.25) is 0 Å². The second-order valence-corrected chi connectivity index (χ2v) is 3.96. The zero-order chi connectivity index (χ0) is 12.4. The van der Waals surface area contributed by atoms with E-state index in [1.807, 2.05) is 0 Å². The number of nitrogens with zero attached hydrogens (tertiary/aromatic N) is 2. The average molecular weight is 248 g/mol. The van der Waals surface area contributed by atoms with E-state index in [0.717, 1.165) is 6.54 Å². The number of hydrogen-bond donors (Lipinski definition) is 2. The number of aromatic nitrogens is 3. The van der Waals surface area contributed by atoms with Gasteiger partial charge in [-0.3, -0.25) is 4.79 Å². The number of H-pyrrole nitrogens is 1. The minimum Gasteiger partial charge on any atom is -0.378 e. The van der Waals surface area contributed by atoms with Crippen LogP contribution in [0.15, 0.2) is 27.8 Å². The van der Waals surface area contributed by atoms with E-state index in [2.05, 4.69) is 20.4 Å². The molecule has 1 aliphatic rings. The van der Waals surface area contributed by atoms with Crippen LogP contribution in [-0.4, -0.2) is 34.9 Å². The van der Waals surface area contributed by atoms with Gasteiger partial charge in [-0.15, -0.1) is 0 Å². The summed E-state index contributed by atoms with van der Waals surface area (Å²) in [5.74, 6) is 0.729. The topological polar surface area (TPSA) is 93.0 Å². The molecule has 2 aromatic rings. The molecule has 1 fully saturated rings. The molecule has 18 heavy (non-hydrogen) atoms. The summed E-state index contributed by atoms with van der Waals surface area (Å²) >= 11 is 0. The Labute approximate surface area is 102 Å². The molecule has 7 heteroatoms. The van der Waals surface area contributed by atoms with Crippen LogP contribution in [0.5, 0.6) is 0 Å². The van der Waals surface area contributed by atoms with Crippen molar-refractivity contribution in [2.75, 3.05) is 19.8 Å². The molecule has 94 valence electrons. The summed E-state index contributed by atoms with van der Waals surface area (Å²) in [5, 5.41) is 7.09. The van der Waals surface area contributed by atoms with Gasteiger partial charge in [0, 0.05) is 25.0 Å². The van der Waals surface area contributed by atoms with Crippen molar-refractivity contribution in [1.82, 2.24) is 20.4 Å². The van der Waals surface area contributed by atoms with Gasteiger partial charge in [0.15, 0.2) is 11.3 Å². The third kappa shape index (κ3) is 2.05. The quantitative estimate of drug-likeness (QED) is 0.782. The first-order valence-corrected chi connectivity index (χ1v) is 5.67. The molecule has 1 unspecified atom stereocenters. The molecular formula is C11H12N4O3. The van der Waals surface area contributed by atoms with Crippen LogP contribution in [-0.2, 0) is 4.74 Å². The number of morpholine rings is 1. The van der Waals surface area contributed by atoms with E-state index in [4.69, 9.17) is 9.26 Å². The molecule has 1 saturated heterocycles. The Kier molecular flexibility index (Phi) is 2.91. The third-order valence-electron chi connectivity index (χ3n) is 2.73. The van der Waals surface area contributed by atoms with Crippen LogP contribution in [0, 0.1) is 0 Å². The van der Waals surface area contributed by atoms with E-state index in [1.54, 1.807) is 12.4 Å². The molecule has 2 aromatic heterocycles. The van der Waals surface area contributed by atoms with Gasteiger partial charge >= 0.3 is 0 Å². The van der Waals surface area contributed by atoms with Gasteiger partial charge in [0.25, 0.3) is 5.89 Å². The van der Waals surface area contributed by atoms with Crippen LogP contribution >= 0.6 is 0 Å². The summed E-state index contributed by atoms with van der Waals surface area (Å²) in [4.78, 5) is 18.7. The summed E-state index contributed by atoms with van der Waals surface area (Å²) in [5.41, 5.74) is 0.213. The lowest BCUT2D eigenvalue weighted by molar-refractivity contribution is 0.0734. The highest BCUT2D eigenvalue weighted by atomic mass is 16.5. The van der Waals surface area contributed by atoms with Gasteiger partial charge in [0.1, 0.15) is 5.56 Å². The number of nitrogens with one attached hydrogen (secondary N) is 2. The van der Waals surface area contributed by atoms with Crippen molar-refractivity contribution in [1.29, 1.82) is 0 Å².